The summed E-state index contributed by atoms with van der Waals surface area (Å²) < 4.78 is 5.42. The zero-order valence-electron chi connectivity index (χ0n) is 8.19. The molecule has 0 atom stereocenters. The first kappa shape index (κ1) is 11.0. The molecule has 0 aliphatic rings. The van der Waals surface area contributed by atoms with Gasteiger partial charge < -0.3 is 15.6 Å². The second kappa shape index (κ2) is 5.65. The quantitative estimate of drug-likeness (QED) is 0.447. The minimum atomic E-state index is 0.0763. The Hall–Kier alpha value is -1.03. The van der Waals surface area contributed by atoms with Crippen LogP contribution in [0.25, 0.3) is 0 Å². The lowest BCUT2D eigenvalue weighted by atomic mass is 10.3. The fourth-order valence-corrected chi connectivity index (χ4v) is 1.45. The van der Waals surface area contributed by atoms with Gasteiger partial charge in [0, 0.05) is 0 Å². The van der Waals surface area contributed by atoms with Gasteiger partial charge in [0.2, 0.25) is 0 Å². The topological polar surface area (TPSA) is 55.5 Å². The lowest BCUT2D eigenvalue weighted by Crippen LogP contribution is -2.01. The van der Waals surface area contributed by atoms with Crippen LogP contribution in [0.4, 0.5) is 5.69 Å². The Labute approximate surface area is 88.3 Å². The molecule has 0 heterocycles. The number of aromatic hydroxyl groups is 1. The van der Waals surface area contributed by atoms with Gasteiger partial charge in [0.05, 0.1) is 6.61 Å². The number of phenols is 1. The highest BCUT2D eigenvalue weighted by Gasteiger charge is 2.03. The molecular weight excluding hydrogens is 198 g/mol. The Morgan fingerprint density at radius 1 is 1.50 bits per heavy atom. The van der Waals surface area contributed by atoms with Crippen molar-refractivity contribution in [2.75, 3.05) is 24.3 Å². The van der Waals surface area contributed by atoms with Crippen molar-refractivity contribution in [1.82, 2.24) is 0 Å². The number of thioether (sulfide) groups is 1. The third kappa shape index (κ3) is 3.03. The number of rotatable bonds is 5. The van der Waals surface area contributed by atoms with Gasteiger partial charge in [-0.1, -0.05) is 6.07 Å². The Balaban J connectivity index is 2.46. The first-order valence-electron chi connectivity index (χ1n) is 4.45. The van der Waals surface area contributed by atoms with E-state index in [0.29, 0.717) is 18.0 Å². The Morgan fingerprint density at radius 3 is 3.00 bits per heavy atom. The van der Waals surface area contributed by atoms with Crippen LogP contribution >= 0.6 is 11.8 Å². The minimum Gasteiger partial charge on any atom is -0.506 e. The van der Waals surface area contributed by atoms with Gasteiger partial charge in [-0.2, -0.15) is 11.8 Å². The lowest BCUT2D eigenvalue weighted by Gasteiger charge is -2.08. The Kier molecular flexibility index (Phi) is 4.46. The van der Waals surface area contributed by atoms with E-state index in [-0.39, 0.29) is 5.75 Å². The van der Waals surface area contributed by atoms with E-state index in [1.54, 1.807) is 30.0 Å². The van der Waals surface area contributed by atoms with Crippen LogP contribution in [0, 0.1) is 0 Å². The van der Waals surface area contributed by atoms with Gasteiger partial charge in [-0.25, -0.2) is 0 Å². The molecule has 0 unspecified atom stereocenters. The van der Waals surface area contributed by atoms with E-state index in [4.69, 9.17) is 10.5 Å². The van der Waals surface area contributed by atoms with E-state index < -0.39 is 0 Å². The van der Waals surface area contributed by atoms with E-state index in [9.17, 15) is 5.11 Å². The van der Waals surface area contributed by atoms with Gasteiger partial charge in [-0.15, -0.1) is 0 Å². The monoisotopic (exact) mass is 213 g/mol. The molecule has 0 fully saturated rings. The van der Waals surface area contributed by atoms with Crippen molar-refractivity contribution >= 4 is 17.4 Å². The number of phenolic OH excluding ortho intramolecular Hbond substituents is 1. The van der Waals surface area contributed by atoms with Crippen molar-refractivity contribution in [3.8, 4) is 11.5 Å². The van der Waals surface area contributed by atoms with Crippen molar-refractivity contribution in [1.29, 1.82) is 0 Å². The van der Waals surface area contributed by atoms with Crippen LogP contribution in [-0.2, 0) is 0 Å². The largest absolute Gasteiger partial charge is 0.506 e. The molecule has 78 valence electrons. The highest BCUT2D eigenvalue weighted by atomic mass is 32.2. The average Bonchev–Trinajstić information content (AvgIpc) is 2.19. The maximum Gasteiger partial charge on any atom is 0.145 e. The first-order valence-corrected chi connectivity index (χ1v) is 5.84. The number of nitrogen functional groups attached to an aromatic ring is 1. The molecule has 1 aromatic rings. The van der Waals surface area contributed by atoms with Gasteiger partial charge in [-0.05, 0) is 30.6 Å². The van der Waals surface area contributed by atoms with Crippen LogP contribution in [0.1, 0.15) is 6.42 Å². The number of anilines is 1. The van der Waals surface area contributed by atoms with E-state index in [1.165, 1.54) is 0 Å². The van der Waals surface area contributed by atoms with Crippen LogP contribution in [-0.4, -0.2) is 23.7 Å². The number of para-hydroxylation sites is 1. The molecule has 0 saturated carbocycles. The third-order valence-electron chi connectivity index (χ3n) is 1.79. The van der Waals surface area contributed by atoms with E-state index in [1.807, 2.05) is 0 Å². The molecule has 1 rings (SSSR count). The van der Waals surface area contributed by atoms with Crippen molar-refractivity contribution in [3.05, 3.63) is 18.2 Å². The molecule has 0 aliphatic carbocycles. The summed E-state index contributed by atoms with van der Waals surface area (Å²) in [6.45, 7) is 0.633. The van der Waals surface area contributed by atoms with Crippen molar-refractivity contribution in [2.24, 2.45) is 0 Å². The summed E-state index contributed by atoms with van der Waals surface area (Å²) >= 11 is 1.78. The van der Waals surface area contributed by atoms with Gasteiger partial charge >= 0.3 is 0 Å². The summed E-state index contributed by atoms with van der Waals surface area (Å²) in [5.41, 5.74) is 5.93. The van der Waals surface area contributed by atoms with Crippen molar-refractivity contribution < 1.29 is 9.84 Å². The summed E-state index contributed by atoms with van der Waals surface area (Å²) in [5.74, 6) is 1.71. The second-order valence-electron chi connectivity index (χ2n) is 2.88. The molecule has 0 saturated heterocycles. The molecule has 4 heteroatoms. The molecule has 0 aromatic heterocycles. The fourth-order valence-electron chi connectivity index (χ4n) is 1.04. The second-order valence-corrected chi connectivity index (χ2v) is 3.87. The smallest absolute Gasteiger partial charge is 0.145 e. The molecule has 0 bridgehead atoms. The predicted molar refractivity (Wildman–Crippen MR) is 61.0 cm³/mol. The summed E-state index contributed by atoms with van der Waals surface area (Å²) in [4.78, 5) is 0. The molecular formula is C10H15NO2S. The maximum atomic E-state index is 9.29. The van der Waals surface area contributed by atoms with Gasteiger partial charge in [-0.3, -0.25) is 0 Å². The SMILES string of the molecule is CSCCCOc1cccc(O)c1N. The maximum absolute atomic E-state index is 9.29. The summed E-state index contributed by atoms with van der Waals surface area (Å²) in [6, 6.07) is 5.02. The number of nitrogens with two attached hydrogens (primary N) is 1. The standard InChI is InChI=1S/C10H15NO2S/c1-14-7-3-6-13-9-5-2-4-8(12)10(9)11/h2,4-5,12H,3,6-7,11H2,1H3. The van der Waals surface area contributed by atoms with Gasteiger partial charge in [0.25, 0.3) is 0 Å². The first-order chi connectivity index (χ1) is 6.75. The summed E-state index contributed by atoms with van der Waals surface area (Å²) in [5, 5.41) is 9.29. The average molecular weight is 213 g/mol. The minimum absolute atomic E-state index is 0.0763. The fraction of sp³-hybridized carbons (Fsp3) is 0.400. The normalized spacial score (nSPS) is 10.1. The lowest BCUT2D eigenvalue weighted by molar-refractivity contribution is 0.319. The Morgan fingerprint density at radius 2 is 2.29 bits per heavy atom. The Bertz CT molecular complexity index is 291. The van der Waals surface area contributed by atoms with E-state index >= 15 is 0 Å². The molecule has 0 aliphatic heterocycles. The van der Waals surface area contributed by atoms with Crippen LogP contribution in [0.3, 0.4) is 0 Å². The molecule has 1 aromatic carbocycles. The van der Waals surface area contributed by atoms with Crippen LogP contribution in [0.2, 0.25) is 0 Å². The van der Waals surface area contributed by atoms with E-state index in [0.717, 1.165) is 12.2 Å². The van der Waals surface area contributed by atoms with E-state index in [2.05, 4.69) is 6.26 Å². The van der Waals surface area contributed by atoms with Gasteiger partial charge in [0.1, 0.15) is 17.2 Å². The molecule has 3 nitrogen and oxygen atoms in total. The predicted octanol–water partition coefficient (Wildman–Crippen LogP) is 2.11. The van der Waals surface area contributed by atoms with Crippen LogP contribution in [0.5, 0.6) is 11.5 Å². The molecule has 0 radical (unpaired) electrons. The highest BCUT2D eigenvalue weighted by molar-refractivity contribution is 7.98. The van der Waals surface area contributed by atoms with Gasteiger partial charge in [0.15, 0.2) is 0 Å². The number of ether oxygens (including phenoxy) is 1. The van der Waals surface area contributed by atoms with Crippen molar-refractivity contribution in [2.45, 2.75) is 6.42 Å². The molecule has 0 spiro atoms. The number of benzene rings is 1. The molecule has 3 N–H and O–H groups in total. The van der Waals surface area contributed by atoms with Crippen LogP contribution < -0.4 is 10.5 Å². The molecule has 0 amide bonds. The molecule has 14 heavy (non-hydrogen) atoms. The summed E-state index contributed by atoms with van der Waals surface area (Å²) in [7, 11) is 0. The third-order valence-corrected chi connectivity index (χ3v) is 2.49. The van der Waals surface area contributed by atoms with Crippen molar-refractivity contribution in [3.63, 3.8) is 0 Å². The van der Waals surface area contributed by atoms with Crippen LogP contribution in [0.15, 0.2) is 18.2 Å². The zero-order chi connectivity index (χ0) is 10.4. The summed E-state index contributed by atoms with van der Waals surface area (Å²) in [6.07, 6.45) is 3.04. The highest BCUT2D eigenvalue weighted by Crippen LogP contribution is 2.29. The zero-order valence-corrected chi connectivity index (χ0v) is 9.01. The number of hydrogen-bond acceptors (Lipinski definition) is 4. The number of hydrogen-bond donors (Lipinski definition) is 2.